The van der Waals surface area contributed by atoms with Crippen LogP contribution in [0.4, 0.5) is 0 Å². The van der Waals surface area contributed by atoms with Crippen LogP contribution in [0, 0.1) is 0 Å². The predicted molar refractivity (Wildman–Crippen MR) is 128 cm³/mol. The average Bonchev–Trinajstić information content (AvgIpc) is 3.43. The lowest BCUT2D eigenvalue weighted by Gasteiger charge is -2.26. The number of nitrogens with zero attached hydrogens (tertiary/aromatic N) is 2. The number of benzene rings is 2. The zero-order chi connectivity index (χ0) is 24.9. The number of hydrogen-bond donors (Lipinski definition) is 1. The number of carbonyl (C=O) groups excluding carboxylic acids is 1. The van der Waals surface area contributed by atoms with Crippen LogP contribution in [-0.4, -0.2) is 77.4 Å². The Morgan fingerprint density at radius 3 is 1.89 bits per heavy atom. The summed E-state index contributed by atoms with van der Waals surface area (Å²) in [6.07, 6.45) is 1.74. The molecule has 0 atom stereocenters. The number of nitrogens with one attached hydrogen (secondary N) is 1. The van der Waals surface area contributed by atoms with Crippen molar-refractivity contribution < 1.29 is 31.1 Å². The predicted octanol–water partition coefficient (Wildman–Crippen LogP) is 1.19. The van der Waals surface area contributed by atoms with Crippen molar-refractivity contribution in [2.75, 3.05) is 46.0 Å². The van der Waals surface area contributed by atoms with Crippen LogP contribution in [0.15, 0.2) is 58.3 Å². The van der Waals surface area contributed by atoms with Gasteiger partial charge < -0.3 is 14.8 Å². The minimum absolute atomic E-state index is 0.202. The van der Waals surface area contributed by atoms with Crippen molar-refractivity contribution in [3.8, 4) is 5.75 Å². The summed E-state index contributed by atoms with van der Waals surface area (Å²) in [5, 5.41) is 2.72. The van der Waals surface area contributed by atoms with E-state index in [1.807, 2.05) is 0 Å². The SMILES string of the molecule is O=C(COc1ccc(S(=O)(=O)N2CCCC2)cc1)NCc1ccc(S(=O)(=O)N2CCOCC2)cc1. The summed E-state index contributed by atoms with van der Waals surface area (Å²) in [5.41, 5.74) is 0.746. The van der Waals surface area contributed by atoms with Crippen molar-refractivity contribution in [1.82, 2.24) is 13.9 Å². The summed E-state index contributed by atoms with van der Waals surface area (Å²) < 4.78 is 64.0. The van der Waals surface area contributed by atoms with Gasteiger partial charge in [-0.15, -0.1) is 0 Å². The van der Waals surface area contributed by atoms with E-state index in [0.717, 1.165) is 18.4 Å². The Morgan fingerprint density at radius 2 is 1.31 bits per heavy atom. The van der Waals surface area contributed by atoms with Gasteiger partial charge in [-0.2, -0.15) is 8.61 Å². The summed E-state index contributed by atoms with van der Waals surface area (Å²) in [6, 6.07) is 12.4. The first-order valence-electron chi connectivity index (χ1n) is 11.4. The maximum absolute atomic E-state index is 12.7. The third-order valence-corrected chi connectivity index (χ3v) is 9.74. The van der Waals surface area contributed by atoms with E-state index in [1.165, 1.54) is 45.0 Å². The summed E-state index contributed by atoms with van der Waals surface area (Å²) in [7, 11) is -7.05. The zero-order valence-corrected chi connectivity index (χ0v) is 20.9. The highest BCUT2D eigenvalue weighted by atomic mass is 32.2. The van der Waals surface area contributed by atoms with Crippen LogP contribution in [0.5, 0.6) is 5.75 Å². The number of rotatable bonds is 9. The number of carbonyl (C=O) groups is 1. The molecule has 2 aliphatic rings. The van der Waals surface area contributed by atoms with Gasteiger partial charge in [-0.3, -0.25) is 4.79 Å². The lowest BCUT2D eigenvalue weighted by molar-refractivity contribution is -0.123. The first-order chi connectivity index (χ1) is 16.8. The van der Waals surface area contributed by atoms with Crippen molar-refractivity contribution in [3.63, 3.8) is 0 Å². The molecular weight excluding hydrogens is 494 g/mol. The Kier molecular flexibility index (Phi) is 8.07. The molecule has 0 aliphatic carbocycles. The number of ether oxygens (including phenoxy) is 2. The number of morpholine rings is 1. The topological polar surface area (TPSA) is 122 Å². The monoisotopic (exact) mass is 523 g/mol. The summed E-state index contributed by atoms with van der Waals surface area (Å²) in [4.78, 5) is 12.6. The second kappa shape index (κ2) is 11.0. The van der Waals surface area contributed by atoms with E-state index in [-0.39, 0.29) is 28.8 Å². The van der Waals surface area contributed by atoms with Crippen molar-refractivity contribution in [2.45, 2.75) is 29.2 Å². The largest absolute Gasteiger partial charge is 0.484 e. The fraction of sp³-hybridized carbons (Fsp3) is 0.435. The lowest BCUT2D eigenvalue weighted by Crippen LogP contribution is -2.40. The van der Waals surface area contributed by atoms with Gasteiger partial charge in [0, 0.05) is 32.7 Å². The molecule has 12 heteroatoms. The third kappa shape index (κ3) is 6.19. The standard InChI is InChI=1S/C23H29N3O7S2/c27-23(18-33-20-5-9-22(10-6-20)34(28,29)25-11-1-2-12-25)24-17-19-3-7-21(8-4-19)35(30,31)26-13-15-32-16-14-26/h3-10H,1-2,11-18H2,(H,24,27). The second-order valence-corrected chi connectivity index (χ2v) is 12.2. The normalized spacial score (nSPS) is 17.8. The van der Waals surface area contributed by atoms with Crippen LogP contribution < -0.4 is 10.1 Å². The molecule has 2 fully saturated rings. The number of sulfonamides is 2. The smallest absolute Gasteiger partial charge is 0.258 e. The summed E-state index contributed by atoms with van der Waals surface area (Å²) in [6.45, 7) is 2.48. The maximum Gasteiger partial charge on any atom is 0.258 e. The van der Waals surface area contributed by atoms with Gasteiger partial charge in [0.05, 0.1) is 23.0 Å². The van der Waals surface area contributed by atoms with Gasteiger partial charge in [0.15, 0.2) is 6.61 Å². The van der Waals surface area contributed by atoms with Crippen LogP contribution in [0.1, 0.15) is 18.4 Å². The molecule has 0 radical (unpaired) electrons. The molecule has 190 valence electrons. The van der Waals surface area contributed by atoms with E-state index in [9.17, 15) is 21.6 Å². The molecule has 2 aromatic rings. The van der Waals surface area contributed by atoms with E-state index >= 15 is 0 Å². The van der Waals surface area contributed by atoms with Gasteiger partial charge in [0.25, 0.3) is 5.91 Å². The van der Waals surface area contributed by atoms with Crippen LogP contribution in [-0.2, 0) is 36.1 Å². The van der Waals surface area contributed by atoms with Crippen LogP contribution >= 0.6 is 0 Å². The fourth-order valence-corrected chi connectivity index (χ4v) is 6.83. The molecule has 1 amide bonds. The molecule has 10 nitrogen and oxygen atoms in total. The van der Waals surface area contributed by atoms with Crippen molar-refractivity contribution in [3.05, 3.63) is 54.1 Å². The maximum atomic E-state index is 12.7. The molecule has 0 spiro atoms. The summed E-state index contributed by atoms with van der Waals surface area (Å²) in [5.74, 6) is 0.0296. The quantitative estimate of drug-likeness (QED) is 0.524. The van der Waals surface area contributed by atoms with E-state index in [4.69, 9.17) is 9.47 Å². The van der Waals surface area contributed by atoms with Crippen LogP contribution in [0.2, 0.25) is 0 Å². The van der Waals surface area contributed by atoms with Gasteiger partial charge in [-0.05, 0) is 54.8 Å². The Morgan fingerprint density at radius 1 is 0.800 bits per heavy atom. The Labute approximate surface area is 205 Å². The molecule has 0 bridgehead atoms. The van der Waals surface area contributed by atoms with E-state index < -0.39 is 20.0 Å². The molecule has 2 aromatic carbocycles. The van der Waals surface area contributed by atoms with Gasteiger partial charge >= 0.3 is 0 Å². The molecule has 1 N–H and O–H groups in total. The first-order valence-corrected chi connectivity index (χ1v) is 14.3. The molecule has 2 aliphatic heterocycles. The minimum Gasteiger partial charge on any atom is -0.484 e. The van der Waals surface area contributed by atoms with Crippen LogP contribution in [0.25, 0.3) is 0 Å². The highest BCUT2D eigenvalue weighted by Gasteiger charge is 2.27. The van der Waals surface area contributed by atoms with Crippen molar-refractivity contribution >= 4 is 26.0 Å². The molecule has 0 aromatic heterocycles. The van der Waals surface area contributed by atoms with E-state index in [0.29, 0.717) is 45.1 Å². The van der Waals surface area contributed by atoms with E-state index in [1.54, 1.807) is 12.1 Å². The fourth-order valence-electron chi connectivity index (χ4n) is 3.90. The Bertz CT molecular complexity index is 1220. The third-order valence-electron chi connectivity index (χ3n) is 5.92. The highest BCUT2D eigenvalue weighted by molar-refractivity contribution is 7.89. The van der Waals surface area contributed by atoms with Gasteiger partial charge in [-0.25, -0.2) is 16.8 Å². The molecular formula is C23H29N3O7S2. The van der Waals surface area contributed by atoms with Gasteiger partial charge in [0.1, 0.15) is 5.75 Å². The first kappa shape index (κ1) is 25.6. The van der Waals surface area contributed by atoms with Gasteiger partial charge in [-0.1, -0.05) is 12.1 Å². The minimum atomic E-state index is -3.56. The zero-order valence-electron chi connectivity index (χ0n) is 19.3. The van der Waals surface area contributed by atoms with Crippen molar-refractivity contribution in [2.24, 2.45) is 0 Å². The van der Waals surface area contributed by atoms with Crippen LogP contribution in [0.3, 0.4) is 0 Å². The molecule has 4 rings (SSSR count). The number of amides is 1. The van der Waals surface area contributed by atoms with Gasteiger partial charge in [0.2, 0.25) is 20.0 Å². The highest BCUT2D eigenvalue weighted by Crippen LogP contribution is 2.23. The summed E-state index contributed by atoms with van der Waals surface area (Å²) >= 11 is 0. The Balaban J connectivity index is 1.25. The lowest BCUT2D eigenvalue weighted by atomic mass is 10.2. The average molecular weight is 524 g/mol. The second-order valence-electron chi connectivity index (χ2n) is 8.31. The Hall–Kier alpha value is -2.51. The molecule has 2 heterocycles. The van der Waals surface area contributed by atoms with E-state index in [2.05, 4.69) is 5.32 Å². The molecule has 35 heavy (non-hydrogen) atoms. The molecule has 2 saturated heterocycles. The van der Waals surface area contributed by atoms with Crippen molar-refractivity contribution in [1.29, 1.82) is 0 Å². The molecule has 0 saturated carbocycles. The molecule has 0 unspecified atom stereocenters. The number of hydrogen-bond acceptors (Lipinski definition) is 7.